The van der Waals surface area contributed by atoms with Crippen molar-refractivity contribution in [2.24, 2.45) is 0 Å². The van der Waals surface area contributed by atoms with E-state index in [0.29, 0.717) is 14.9 Å². The number of thiophene rings is 1. The smallest absolute Gasteiger partial charge is 0.348 e. The van der Waals surface area contributed by atoms with Crippen molar-refractivity contribution >= 4 is 40.5 Å². The molecular formula is C15H14ClNO3S. The SMILES string of the molecule is CCc1cccc(NC(=O)COC(=O)c2ccc(Cl)s2)c1. The lowest BCUT2D eigenvalue weighted by molar-refractivity contribution is -0.119. The molecule has 0 unspecified atom stereocenters. The summed E-state index contributed by atoms with van der Waals surface area (Å²) in [5.41, 5.74) is 1.81. The summed E-state index contributed by atoms with van der Waals surface area (Å²) in [5.74, 6) is -0.927. The molecule has 0 aliphatic rings. The largest absolute Gasteiger partial charge is 0.451 e. The van der Waals surface area contributed by atoms with Gasteiger partial charge >= 0.3 is 5.97 Å². The Hall–Kier alpha value is -1.85. The Morgan fingerprint density at radius 1 is 1.29 bits per heavy atom. The standard InChI is InChI=1S/C15H14ClNO3S/c1-2-10-4-3-5-11(8-10)17-14(18)9-20-15(19)12-6-7-13(16)21-12/h3-8H,2,9H2,1H3,(H,17,18). The molecule has 0 atom stereocenters. The van der Waals surface area contributed by atoms with Crippen LogP contribution >= 0.6 is 22.9 Å². The quantitative estimate of drug-likeness (QED) is 0.852. The monoisotopic (exact) mass is 323 g/mol. The number of hydrogen-bond acceptors (Lipinski definition) is 4. The molecule has 2 aromatic rings. The van der Waals surface area contributed by atoms with Gasteiger partial charge in [-0.05, 0) is 36.2 Å². The van der Waals surface area contributed by atoms with Crippen molar-refractivity contribution in [1.82, 2.24) is 0 Å². The summed E-state index contributed by atoms with van der Waals surface area (Å²) >= 11 is 6.85. The van der Waals surface area contributed by atoms with E-state index >= 15 is 0 Å². The van der Waals surface area contributed by atoms with E-state index < -0.39 is 5.97 Å². The number of anilines is 1. The van der Waals surface area contributed by atoms with Gasteiger partial charge in [0, 0.05) is 5.69 Å². The van der Waals surface area contributed by atoms with Crippen LogP contribution in [0.15, 0.2) is 36.4 Å². The van der Waals surface area contributed by atoms with Gasteiger partial charge in [-0.1, -0.05) is 30.7 Å². The molecule has 0 spiro atoms. The minimum absolute atomic E-state index is 0.329. The first-order valence-electron chi connectivity index (χ1n) is 6.39. The maximum Gasteiger partial charge on any atom is 0.348 e. The van der Waals surface area contributed by atoms with Crippen LogP contribution < -0.4 is 5.32 Å². The molecule has 21 heavy (non-hydrogen) atoms. The lowest BCUT2D eigenvalue weighted by Gasteiger charge is -2.07. The van der Waals surface area contributed by atoms with E-state index in [1.807, 2.05) is 25.1 Å². The van der Waals surface area contributed by atoms with Crippen molar-refractivity contribution in [2.75, 3.05) is 11.9 Å². The van der Waals surface area contributed by atoms with E-state index in [4.69, 9.17) is 16.3 Å². The number of rotatable bonds is 5. The van der Waals surface area contributed by atoms with Crippen molar-refractivity contribution in [2.45, 2.75) is 13.3 Å². The lowest BCUT2D eigenvalue weighted by Crippen LogP contribution is -2.20. The maximum absolute atomic E-state index is 11.7. The second-order valence-electron chi connectivity index (χ2n) is 4.28. The number of halogens is 1. The highest BCUT2D eigenvalue weighted by atomic mass is 35.5. The molecule has 1 aromatic carbocycles. The highest BCUT2D eigenvalue weighted by Crippen LogP contribution is 2.22. The van der Waals surface area contributed by atoms with Crippen molar-refractivity contribution < 1.29 is 14.3 Å². The third kappa shape index (κ3) is 4.58. The molecule has 6 heteroatoms. The van der Waals surface area contributed by atoms with Crippen molar-refractivity contribution in [3.63, 3.8) is 0 Å². The zero-order valence-corrected chi connectivity index (χ0v) is 13.0. The topological polar surface area (TPSA) is 55.4 Å². The minimum atomic E-state index is -0.552. The van der Waals surface area contributed by atoms with Crippen LogP contribution in [0, 0.1) is 0 Å². The van der Waals surface area contributed by atoms with Gasteiger partial charge < -0.3 is 10.1 Å². The fraction of sp³-hybridized carbons (Fsp3) is 0.200. The predicted molar refractivity (Wildman–Crippen MR) is 84.1 cm³/mol. The van der Waals surface area contributed by atoms with E-state index in [1.54, 1.807) is 18.2 Å². The first-order valence-corrected chi connectivity index (χ1v) is 7.59. The van der Waals surface area contributed by atoms with Gasteiger partial charge in [0.2, 0.25) is 0 Å². The zero-order chi connectivity index (χ0) is 15.2. The van der Waals surface area contributed by atoms with E-state index in [2.05, 4.69) is 5.32 Å². The summed E-state index contributed by atoms with van der Waals surface area (Å²) in [6.45, 7) is 1.71. The third-order valence-electron chi connectivity index (χ3n) is 2.73. The average molecular weight is 324 g/mol. The predicted octanol–water partition coefficient (Wildman–Crippen LogP) is 3.76. The molecule has 0 radical (unpaired) electrons. The summed E-state index contributed by atoms with van der Waals surface area (Å²) in [4.78, 5) is 23.8. The molecule has 1 amide bonds. The molecule has 4 nitrogen and oxygen atoms in total. The third-order valence-corrected chi connectivity index (χ3v) is 3.94. The lowest BCUT2D eigenvalue weighted by atomic mass is 10.1. The Morgan fingerprint density at radius 3 is 2.76 bits per heavy atom. The normalized spacial score (nSPS) is 10.2. The van der Waals surface area contributed by atoms with Crippen LogP contribution in [0.2, 0.25) is 4.34 Å². The number of nitrogens with one attached hydrogen (secondary N) is 1. The van der Waals surface area contributed by atoms with Gasteiger partial charge in [-0.15, -0.1) is 11.3 Å². The van der Waals surface area contributed by atoms with Gasteiger partial charge in [-0.25, -0.2) is 4.79 Å². The molecular weight excluding hydrogens is 310 g/mol. The number of aryl methyl sites for hydroxylation is 1. The Bertz CT molecular complexity index is 654. The number of amides is 1. The summed E-state index contributed by atoms with van der Waals surface area (Å²) in [6, 6.07) is 10.7. The first-order chi connectivity index (χ1) is 10.1. The average Bonchev–Trinajstić information content (AvgIpc) is 2.91. The number of carbonyl (C=O) groups is 2. The molecule has 1 N–H and O–H groups in total. The molecule has 0 fully saturated rings. The molecule has 0 saturated heterocycles. The molecule has 0 saturated carbocycles. The highest BCUT2D eigenvalue weighted by Gasteiger charge is 2.12. The fourth-order valence-corrected chi connectivity index (χ4v) is 2.63. The van der Waals surface area contributed by atoms with Gasteiger partial charge in [-0.3, -0.25) is 4.79 Å². The second kappa shape index (κ2) is 7.24. The molecule has 0 bridgehead atoms. The number of benzene rings is 1. The van der Waals surface area contributed by atoms with E-state index in [1.165, 1.54) is 0 Å². The van der Waals surface area contributed by atoms with Crippen molar-refractivity contribution in [3.8, 4) is 0 Å². The molecule has 0 aliphatic heterocycles. The van der Waals surface area contributed by atoms with Crippen molar-refractivity contribution in [3.05, 3.63) is 51.2 Å². The molecule has 1 heterocycles. The van der Waals surface area contributed by atoms with E-state index in [9.17, 15) is 9.59 Å². The summed E-state index contributed by atoms with van der Waals surface area (Å²) in [5, 5.41) is 2.69. The van der Waals surface area contributed by atoms with Crippen LogP contribution in [0.5, 0.6) is 0 Å². The fourth-order valence-electron chi connectivity index (χ4n) is 1.69. The molecule has 2 rings (SSSR count). The zero-order valence-electron chi connectivity index (χ0n) is 11.4. The van der Waals surface area contributed by atoms with Crippen LogP contribution in [0.1, 0.15) is 22.2 Å². The summed E-state index contributed by atoms with van der Waals surface area (Å²) in [7, 11) is 0. The van der Waals surface area contributed by atoms with E-state index in [0.717, 1.165) is 23.3 Å². The Kier molecular flexibility index (Phi) is 5.36. The molecule has 1 aromatic heterocycles. The summed E-state index contributed by atoms with van der Waals surface area (Å²) < 4.78 is 5.44. The Balaban J connectivity index is 1.85. The van der Waals surface area contributed by atoms with Gasteiger partial charge in [0.05, 0.1) is 4.34 Å². The van der Waals surface area contributed by atoms with Crippen LogP contribution in [-0.4, -0.2) is 18.5 Å². The van der Waals surface area contributed by atoms with Gasteiger partial charge in [0.15, 0.2) is 6.61 Å². The second-order valence-corrected chi connectivity index (χ2v) is 6.00. The van der Waals surface area contributed by atoms with Gasteiger partial charge in [0.25, 0.3) is 5.91 Å². The van der Waals surface area contributed by atoms with Gasteiger partial charge in [0.1, 0.15) is 4.88 Å². The summed E-state index contributed by atoms with van der Waals surface area (Å²) in [6.07, 6.45) is 0.887. The Morgan fingerprint density at radius 2 is 2.10 bits per heavy atom. The molecule has 110 valence electrons. The number of carbonyl (C=O) groups excluding carboxylic acids is 2. The Labute approximate surface area is 131 Å². The van der Waals surface area contributed by atoms with Crippen LogP contribution in [0.25, 0.3) is 0 Å². The van der Waals surface area contributed by atoms with Gasteiger partial charge in [-0.2, -0.15) is 0 Å². The molecule has 0 aliphatic carbocycles. The van der Waals surface area contributed by atoms with Crippen LogP contribution in [0.3, 0.4) is 0 Å². The van der Waals surface area contributed by atoms with E-state index in [-0.39, 0.29) is 12.5 Å². The first kappa shape index (κ1) is 15.5. The highest BCUT2D eigenvalue weighted by molar-refractivity contribution is 7.17. The number of esters is 1. The minimum Gasteiger partial charge on any atom is -0.451 e. The number of hydrogen-bond donors (Lipinski definition) is 1. The van der Waals surface area contributed by atoms with Crippen LogP contribution in [-0.2, 0) is 16.0 Å². The number of ether oxygens (including phenoxy) is 1. The van der Waals surface area contributed by atoms with Crippen molar-refractivity contribution in [1.29, 1.82) is 0 Å². The van der Waals surface area contributed by atoms with Crippen LogP contribution in [0.4, 0.5) is 5.69 Å². The maximum atomic E-state index is 11.7.